The Bertz CT molecular complexity index is 961. The first-order valence-corrected chi connectivity index (χ1v) is 9.16. The Hall–Kier alpha value is -2.06. The topological polar surface area (TPSA) is 87.8 Å². The fourth-order valence-electron chi connectivity index (χ4n) is 2.50. The van der Waals surface area contributed by atoms with Crippen LogP contribution in [0.2, 0.25) is 0 Å². The molecule has 0 fully saturated rings. The number of aromatic nitrogens is 1. The van der Waals surface area contributed by atoms with Crippen LogP contribution in [0.1, 0.15) is 0 Å². The van der Waals surface area contributed by atoms with Crippen molar-refractivity contribution in [3.8, 4) is 11.3 Å². The quantitative estimate of drug-likeness (QED) is 0.446. The third kappa shape index (κ3) is 3.88. The molecule has 2 heterocycles. The van der Waals surface area contributed by atoms with Gasteiger partial charge < -0.3 is 0 Å². The molecule has 0 aliphatic rings. The van der Waals surface area contributed by atoms with Crippen LogP contribution in [-0.2, 0) is 0 Å². The molecule has 0 unspecified atom stereocenters. The number of benzene rings is 2. The van der Waals surface area contributed by atoms with Gasteiger partial charge in [0, 0.05) is 23.1 Å². The minimum absolute atomic E-state index is 1.26. The van der Waals surface area contributed by atoms with Crippen molar-refractivity contribution in [1.82, 2.24) is 0 Å². The summed E-state index contributed by atoms with van der Waals surface area (Å²) in [7, 11) is -4.19. The zero-order chi connectivity index (χ0) is 17.2. The van der Waals surface area contributed by atoms with Crippen LogP contribution in [0.15, 0.2) is 72.1 Å². The summed E-state index contributed by atoms with van der Waals surface area (Å²) in [5.74, 6) is 0. The zero-order valence-corrected chi connectivity index (χ0v) is 14.0. The number of rotatable bonds is 1. The molecule has 0 saturated heterocycles. The maximum Gasteiger partial charge on any atom is 0.268 e. The van der Waals surface area contributed by atoms with Crippen molar-refractivity contribution in [1.29, 1.82) is 0 Å². The molecule has 0 amide bonds. The van der Waals surface area contributed by atoms with Crippen molar-refractivity contribution >= 4 is 27.1 Å². The summed E-state index contributed by atoms with van der Waals surface area (Å²) < 4.78 is 32.6. The van der Waals surface area contributed by atoms with Crippen molar-refractivity contribution in [3.63, 3.8) is 0 Å². The van der Waals surface area contributed by atoms with E-state index >= 15 is 0 Å². The molecular formula is C17H15ClNO4S+. The van der Waals surface area contributed by atoms with Crippen LogP contribution in [0.3, 0.4) is 0 Å². The molecule has 0 atom stereocenters. The molecule has 0 aliphatic heterocycles. The summed E-state index contributed by atoms with van der Waals surface area (Å²) in [5.41, 5.74) is 3.78. The van der Waals surface area contributed by atoms with Crippen LogP contribution in [0.4, 0.5) is 0 Å². The summed E-state index contributed by atoms with van der Waals surface area (Å²) in [4.78, 5) is 1.28. The zero-order valence-electron chi connectivity index (χ0n) is 12.4. The smallest absolute Gasteiger partial charge is 0.143 e. The Morgan fingerprint density at radius 1 is 0.833 bits per heavy atom. The van der Waals surface area contributed by atoms with Crippen LogP contribution in [0.25, 0.3) is 27.0 Å². The van der Waals surface area contributed by atoms with Gasteiger partial charge in [0.25, 0.3) is 4.83 Å². The fraction of sp³-hybridized carbons (Fsp3) is 0. The predicted molar refractivity (Wildman–Crippen MR) is 87.1 cm³/mol. The van der Waals surface area contributed by atoms with Gasteiger partial charge in [-0.2, -0.15) is 0 Å². The van der Waals surface area contributed by atoms with E-state index in [2.05, 4.69) is 76.5 Å². The van der Waals surface area contributed by atoms with E-state index in [4.69, 9.17) is 18.6 Å². The minimum Gasteiger partial charge on any atom is -0.143 e. The monoisotopic (exact) mass is 364 g/mol. The van der Waals surface area contributed by atoms with E-state index in [-0.39, 0.29) is 0 Å². The second-order valence-corrected chi connectivity index (χ2v) is 6.74. The Kier molecular flexibility index (Phi) is 4.77. The van der Waals surface area contributed by atoms with Gasteiger partial charge in [0.05, 0.1) is 5.38 Å². The average Bonchev–Trinajstić information content (AvgIpc) is 2.99. The molecule has 0 saturated carbocycles. The maximum absolute atomic E-state index is 8.83. The van der Waals surface area contributed by atoms with Crippen molar-refractivity contribution in [2.75, 3.05) is 0 Å². The molecule has 0 radical (unpaired) electrons. The van der Waals surface area contributed by atoms with Gasteiger partial charge in [-0.1, -0.05) is 41.7 Å². The van der Waals surface area contributed by atoms with Gasteiger partial charge in [0.1, 0.15) is 0 Å². The van der Waals surface area contributed by atoms with Crippen molar-refractivity contribution in [3.05, 3.63) is 72.1 Å². The van der Waals surface area contributed by atoms with Gasteiger partial charge in [0.2, 0.25) is 11.2 Å². The first-order chi connectivity index (χ1) is 11.4. The Morgan fingerprint density at radius 2 is 1.46 bits per heavy atom. The summed E-state index contributed by atoms with van der Waals surface area (Å²) >= 11 is 1.79. The van der Waals surface area contributed by atoms with Gasteiger partial charge >= 0.3 is 28.9 Å². The number of fused-ring (bicyclic) bond motifs is 3. The number of halogens is 1. The first-order valence-electron chi connectivity index (χ1n) is 6.96. The summed E-state index contributed by atoms with van der Waals surface area (Å²) in [6.45, 7) is 0. The third-order valence-electron chi connectivity index (χ3n) is 3.41. The number of thiazole rings is 1. The number of nitrogens with zero attached hydrogens (tertiary/aromatic N) is 1. The van der Waals surface area contributed by atoms with Gasteiger partial charge in [-0.3, -0.25) is 0 Å². The second-order valence-electron chi connectivity index (χ2n) is 4.99. The molecule has 7 heteroatoms. The van der Waals surface area contributed by atoms with Crippen LogP contribution < -0.4 is 9.06 Å². The average molecular weight is 365 g/mol. The minimum atomic E-state index is -4.19. The molecule has 5 nitrogen and oxygen atoms in total. The third-order valence-corrected chi connectivity index (χ3v) is 4.31. The first kappa shape index (κ1) is 16.8. The van der Waals surface area contributed by atoms with E-state index in [0.717, 1.165) is 0 Å². The molecule has 4 rings (SSSR count). The van der Waals surface area contributed by atoms with Crippen LogP contribution in [0, 0.1) is 10.2 Å². The van der Waals surface area contributed by atoms with E-state index < -0.39 is 10.2 Å². The van der Waals surface area contributed by atoms with Crippen molar-refractivity contribution < 1.29 is 33.3 Å². The number of hydrogen-bond acceptors (Lipinski definition) is 5. The molecule has 0 bridgehead atoms. The van der Waals surface area contributed by atoms with Gasteiger partial charge in [0.15, 0.2) is 0 Å². The molecule has 2 aromatic carbocycles. The molecule has 0 spiro atoms. The molecular weight excluding hydrogens is 350 g/mol. The van der Waals surface area contributed by atoms with Crippen molar-refractivity contribution in [2.24, 2.45) is 0 Å². The second kappa shape index (κ2) is 6.82. The molecule has 124 valence electrons. The predicted octanol–water partition coefficient (Wildman–Crippen LogP) is 1.45. The fourth-order valence-corrected chi connectivity index (χ4v) is 3.42. The number of pyridine rings is 1. The number of para-hydroxylation sites is 1. The van der Waals surface area contributed by atoms with Gasteiger partial charge in [-0.05, 0) is 24.3 Å². The summed E-state index contributed by atoms with van der Waals surface area (Å²) in [6.07, 6.45) is 0. The Labute approximate surface area is 144 Å². The Balaban J connectivity index is 0.000000300. The normalized spacial score (nSPS) is 12.0. The van der Waals surface area contributed by atoms with Crippen LogP contribution in [0.5, 0.6) is 0 Å². The molecule has 3 N–H and O–H groups in total. The molecule has 4 aromatic rings. The van der Waals surface area contributed by atoms with Crippen molar-refractivity contribution in [2.45, 2.75) is 0 Å². The van der Waals surface area contributed by atoms with E-state index in [1.165, 1.54) is 27.0 Å². The SMILES string of the molecule is [O-][Cl+](O)(O)O.c1ccc(-c2csc3ccc4ccccc4[n+]23)cc1. The van der Waals surface area contributed by atoms with E-state index in [1.807, 2.05) is 0 Å². The molecule has 24 heavy (non-hydrogen) atoms. The number of hydrogen-bond donors (Lipinski definition) is 3. The largest absolute Gasteiger partial charge is 0.268 e. The van der Waals surface area contributed by atoms with Gasteiger partial charge in [-0.15, -0.1) is 4.40 Å². The van der Waals surface area contributed by atoms with E-state index in [9.17, 15) is 0 Å². The van der Waals surface area contributed by atoms with Crippen LogP contribution in [-0.4, -0.2) is 14.0 Å². The van der Waals surface area contributed by atoms with E-state index in [1.54, 1.807) is 11.3 Å². The molecule has 2 aromatic heterocycles. The van der Waals surface area contributed by atoms with Gasteiger partial charge in [-0.25, -0.2) is 0 Å². The van der Waals surface area contributed by atoms with E-state index in [0.29, 0.717) is 0 Å². The summed E-state index contributed by atoms with van der Waals surface area (Å²) in [5, 5.41) is 3.51. The Morgan fingerprint density at radius 3 is 2.17 bits per heavy atom. The standard InChI is InChI=1S/C17H12NS.ClH3O4/c1-2-6-13(7-3-1)16-12-19-17-11-10-14-8-4-5-9-15(14)18(16)17;2-1(3,4)5/h1-12H;2-4H/q+1;. The summed E-state index contributed by atoms with van der Waals surface area (Å²) in [6, 6.07) is 23.5. The van der Waals surface area contributed by atoms with Crippen LogP contribution >= 0.6 is 11.3 Å². The maximum atomic E-state index is 8.83. The molecule has 0 aliphatic carbocycles.